The van der Waals surface area contributed by atoms with Gasteiger partial charge in [0.1, 0.15) is 5.01 Å². The van der Waals surface area contributed by atoms with Crippen molar-refractivity contribution in [2.75, 3.05) is 25.0 Å². The molecule has 0 radical (unpaired) electrons. The number of Topliss-reactive ketones (excluding diaryl/α,β-unsaturated/α-hetero) is 1. The number of carbonyl (C=O) groups excluding carboxylic acids is 2. The molecule has 0 aliphatic carbocycles. The van der Waals surface area contributed by atoms with Gasteiger partial charge in [0.2, 0.25) is 0 Å². The third kappa shape index (κ3) is 6.74. The molecule has 0 saturated heterocycles. The van der Waals surface area contributed by atoms with E-state index in [1.165, 1.54) is 11.3 Å². The van der Waals surface area contributed by atoms with Gasteiger partial charge in [0, 0.05) is 57.6 Å². The summed E-state index contributed by atoms with van der Waals surface area (Å²) in [7, 11) is 0. The number of aliphatic carboxylic acids is 1. The zero-order chi connectivity index (χ0) is 31.4. The van der Waals surface area contributed by atoms with Crippen LogP contribution in [0, 0.1) is 13.8 Å². The third-order valence-electron chi connectivity index (χ3n) is 8.25. The first-order valence-electron chi connectivity index (χ1n) is 15.1. The molecule has 0 saturated carbocycles. The fraction of sp³-hybridized carbons (Fsp3) is 0.314. The highest BCUT2D eigenvalue weighted by Gasteiger charge is 2.26. The van der Waals surface area contributed by atoms with E-state index in [-0.39, 0.29) is 18.1 Å². The summed E-state index contributed by atoms with van der Waals surface area (Å²) in [5, 5.41) is 14.8. The fourth-order valence-corrected chi connectivity index (χ4v) is 6.54. The number of H-pyrrole nitrogens is 1. The molecule has 1 amide bonds. The Morgan fingerprint density at radius 1 is 1.02 bits per heavy atom. The quantitative estimate of drug-likeness (QED) is 0.109. The molecule has 1 aliphatic rings. The maximum absolute atomic E-state index is 13.2. The molecule has 9 heteroatoms. The highest BCUT2D eigenvalue weighted by atomic mass is 32.1. The van der Waals surface area contributed by atoms with Gasteiger partial charge in [-0.1, -0.05) is 44.2 Å². The van der Waals surface area contributed by atoms with Gasteiger partial charge in [-0.3, -0.25) is 14.4 Å². The molecule has 1 aliphatic heterocycles. The lowest BCUT2D eigenvalue weighted by atomic mass is 9.99. The van der Waals surface area contributed by atoms with E-state index in [9.17, 15) is 14.4 Å². The summed E-state index contributed by atoms with van der Waals surface area (Å²) < 4.78 is 0. The van der Waals surface area contributed by atoms with Gasteiger partial charge in [-0.05, 0) is 75.7 Å². The standard InChI is InChI=1S/C35H38N4O4S/c1-5-39(6-2)17-7-8-31(40)33-21(3)29(36-22(33)4)19-27-26-18-25(14-15-28(26)37-34(27)43)30-20-44-35(38-30)24-12-9-23(10-13-24)11-16-32(41)42/h9-10,12-15,18-20,36H,5-8,11,16-17H2,1-4H3,(H,37,43)(H,41,42)/b27-19-. The Bertz CT molecular complexity index is 1730. The number of carbonyl (C=O) groups is 3. The summed E-state index contributed by atoms with van der Waals surface area (Å²) >= 11 is 1.54. The van der Waals surface area contributed by atoms with E-state index in [4.69, 9.17) is 10.1 Å². The van der Waals surface area contributed by atoms with Gasteiger partial charge in [-0.15, -0.1) is 11.3 Å². The van der Waals surface area contributed by atoms with Crippen molar-refractivity contribution in [1.29, 1.82) is 0 Å². The first kappa shape index (κ1) is 31.1. The molecule has 2 aromatic heterocycles. The number of aryl methyl sites for hydroxylation is 2. The predicted octanol–water partition coefficient (Wildman–Crippen LogP) is 7.24. The van der Waals surface area contributed by atoms with Crippen LogP contribution in [0.3, 0.4) is 0 Å². The molecule has 4 aromatic rings. The number of nitrogens with one attached hydrogen (secondary N) is 2. The molecule has 3 N–H and O–H groups in total. The predicted molar refractivity (Wildman–Crippen MR) is 177 cm³/mol. The topological polar surface area (TPSA) is 115 Å². The number of carboxylic acids is 1. The summed E-state index contributed by atoms with van der Waals surface area (Å²) in [5.74, 6) is -0.864. The number of fused-ring (bicyclic) bond motifs is 1. The Balaban J connectivity index is 1.36. The van der Waals surface area contributed by atoms with E-state index < -0.39 is 5.97 Å². The third-order valence-corrected chi connectivity index (χ3v) is 9.14. The molecule has 2 aromatic carbocycles. The number of hydrogen-bond acceptors (Lipinski definition) is 6. The Hall–Kier alpha value is -4.34. The number of carboxylic acid groups (broad SMARTS) is 1. The molecule has 0 fully saturated rings. The lowest BCUT2D eigenvalue weighted by molar-refractivity contribution is -0.137. The second-order valence-electron chi connectivity index (χ2n) is 11.1. The van der Waals surface area contributed by atoms with Gasteiger partial charge in [-0.2, -0.15) is 0 Å². The van der Waals surface area contributed by atoms with Crippen molar-refractivity contribution in [2.45, 2.75) is 53.4 Å². The van der Waals surface area contributed by atoms with Gasteiger partial charge in [0.25, 0.3) is 5.91 Å². The van der Waals surface area contributed by atoms with E-state index in [0.717, 1.165) is 81.6 Å². The number of aromatic amines is 1. The first-order chi connectivity index (χ1) is 21.2. The molecular weight excluding hydrogens is 572 g/mol. The average molecular weight is 611 g/mol. The average Bonchev–Trinajstić information content (AvgIpc) is 3.70. The van der Waals surface area contributed by atoms with Crippen LogP contribution < -0.4 is 5.32 Å². The van der Waals surface area contributed by atoms with Crippen LogP contribution in [-0.2, 0) is 16.0 Å². The summed E-state index contributed by atoms with van der Waals surface area (Å²) in [6, 6.07) is 13.7. The fourth-order valence-electron chi connectivity index (χ4n) is 5.70. The monoisotopic (exact) mass is 610 g/mol. The van der Waals surface area contributed by atoms with Crippen molar-refractivity contribution in [3.05, 3.63) is 81.5 Å². The molecule has 228 valence electrons. The molecule has 0 unspecified atom stereocenters. The number of benzene rings is 2. The van der Waals surface area contributed by atoms with E-state index in [1.807, 2.05) is 67.8 Å². The maximum Gasteiger partial charge on any atom is 0.303 e. The highest BCUT2D eigenvalue weighted by Crippen LogP contribution is 2.38. The molecule has 0 spiro atoms. The summed E-state index contributed by atoms with van der Waals surface area (Å²) in [5.41, 5.74) is 8.89. The number of hydrogen-bond donors (Lipinski definition) is 3. The normalized spacial score (nSPS) is 13.5. The van der Waals surface area contributed by atoms with Crippen LogP contribution in [-0.4, -0.2) is 57.3 Å². The molecule has 3 heterocycles. The van der Waals surface area contributed by atoms with Gasteiger partial charge in [0.05, 0.1) is 11.3 Å². The summed E-state index contributed by atoms with van der Waals surface area (Å²) in [4.78, 5) is 47.6. The van der Waals surface area contributed by atoms with Crippen LogP contribution in [0.15, 0.2) is 47.8 Å². The van der Waals surface area contributed by atoms with Crippen molar-refractivity contribution >= 4 is 46.3 Å². The van der Waals surface area contributed by atoms with Crippen LogP contribution in [0.2, 0.25) is 0 Å². The lowest BCUT2D eigenvalue weighted by Gasteiger charge is -2.17. The number of ketones is 1. The number of anilines is 1. The largest absolute Gasteiger partial charge is 0.481 e. The summed E-state index contributed by atoms with van der Waals surface area (Å²) in [6.45, 7) is 11.0. The number of rotatable bonds is 13. The van der Waals surface area contributed by atoms with E-state index in [1.54, 1.807) is 0 Å². The lowest BCUT2D eigenvalue weighted by Crippen LogP contribution is -2.24. The van der Waals surface area contributed by atoms with Crippen molar-refractivity contribution in [3.63, 3.8) is 0 Å². The SMILES string of the molecule is CCN(CC)CCCC(=O)c1c(C)[nH]c(/C=C2\C(=O)Nc3ccc(-c4csc(-c5ccc(CCC(=O)O)cc5)n4)cc32)c1C. The molecule has 5 rings (SSSR count). The van der Waals surface area contributed by atoms with Crippen molar-refractivity contribution in [3.8, 4) is 21.8 Å². The number of thiazole rings is 1. The second kappa shape index (κ2) is 13.5. The Kier molecular flexibility index (Phi) is 9.56. The number of amides is 1. The van der Waals surface area contributed by atoms with Gasteiger partial charge in [0.15, 0.2) is 5.78 Å². The zero-order valence-electron chi connectivity index (χ0n) is 25.6. The minimum atomic E-state index is -0.808. The molecular formula is C35H38N4O4S. The summed E-state index contributed by atoms with van der Waals surface area (Å²) in [6.07, 6.45) is 3.75. The van der Waals surface area contributed by atoms with E-state index in [2.05, 4.69) is 29.0 Å². The molecule has 0 atom stereocenters. The maximum atomic E-state index is 13.2. The van der Waals surface area contributed by atoms with Gasteiger partial charge in [-0.25, -0.2) is 4.98 Å². The highest BCUT2D eigenvalue weighted by molar-refractivity contribution is 7.13. The second-order valence-corrected chi connectivity index (χ2v) is 12.0. The van der Waals surface area contributed by atoms with Crippen LogP contribution >= 0.6 is 11.3 Å². The molecule has 44 heavy (non-hydrogen) atoms. The number of nitrogens with zero attached hydrogens (tertiary/aromatic N) is 2. The van der Waals surface area contributed by atoms with Crippen molar-refractivity contribution in [1.82, 2.24) is 14.9 Å². The van der Waals surface area contributed by atoms with Crippen LogP contribution in [0.25, 0.3) is 33.5 Å². The van der Waals surface area contributed by atoms with Gasteiger partial charge >= 0.3 is 5.97 Å². The van der Waals surface area contributed by atoms with Crippen molar-refractivity contribution in [2.24, 2.45) is 0 Å². The van der Waals surface area contributed by atoms with Crippen molar-refractivity contribution < 1.29 is 19.5 Å². The van der Waals surface area contributed by atoms with E-state index in [0.29, 0.717) is 24.0 Å². The first-order valence-corrected chi connectivity index (χ1v) is 16.0. The van der Waals surface area contributed by atoms with Crippen LogP contribution in [0.4, 0.5) is 5.69 Å². The Morgan fingerprint density at radius 3 is 2.45 bits per heavy atom. The van der Waals surface area contributed by atoms with Gasteiger partial charge < -0.3 is 20.3 Å². The molecule has 0 bridgehead atoms. The zero-order valence-corrected chi connectivity index (χ0v) is 26.4. The molecule has 8 nitrogen and oxygen atoms in total. The Labute approximate surface area is 261 Å². The Morgan fingerprint density at radius 2 is 1.75 bits per heavy atom. The minimum Gasteiger partial charge on any atom is -0.481 e. The minimum absolute atomic E-state index is 0.104. The van der Waals surface area contributed by atoms with E-state index >= 15 is 0 Å². The number of aromatic nitrogens is 2. The smallest absolute Gasteiger partial charge is 0.303 e. The van der Waals surface area contributed by atoms with Crippen LogP contribution in [0.1, 0.15) is 71.5 Å². The van der Waals surface area contributed by atoms with Crippen LogP contribution in [0.5, 0.6) is 0 Å².